The van der Waals surface area contributed by atoms with Crippen LogP contribution in [-0.2, 0) is 0 Å². The summed E-state index contributed by atoms with van der Waals surface area (Å²) in [5, 5.41) is 0. The van der Waals surface area contributed by atoms with Crippen LogP contribution >= 0.6 is 0 Å². The summed E-state index contributed by atoms with van der Waals surface area (Å²) in [6.07, 6.45) is -4.19. The van der Waals surface area contributed by atoms with E-state index in [-0.39, 0.29) is 19.0 Å². The number of alkyl halides is 3. The number of hydrogen-bond donors (Lipinski definition) is 0. The van der Waals surface area contributed by atoms with Crippen molar-refractivity contribution in [3.8, 4) is 11.1 Å². The maximum Gasteiger partial charge on any atom is 0.401 e. The first-order valence-corrected chi connectivity index (χ1v) is 8.16. The highest BCUT2D eigenvalue weighted by atomic mass is 19.4. The first-order valence-electron chi connectivity index (χ1n) is 8.16. The van der Waals surface area contributed by atoms with E-state index in [0.29, 0.717) is 18.7 Å². The molecule has 1 aliphatic rings. The lowest BCUT2D eigenvalue weighted by atomic mass is 10.0. The Morgan fingerprint density at radius 1 is 0.840 bits per heavy atom. The largest absolute Gasteiger partial charge is 0.401 e. The lowest BCUT2D eigenvalue weighted by Gasteiger charge is -2.35. The number of carbonyl (C=O) groups is 1. The SMILES string of the molecule is O=C(c1ccc(-c2ccccc2)cc1)N1CCN(CC(F)(F)F)CC1. The summed E-state index contributed by atoms with van der Waals surface area (Å²) in [6.45, 7) is 0.201. The monoisotopic (exact) mass is 348 g/mol. The third-order valence-corrected chi connectivity index (χ3v) is 4.30. The van der Waals surface area contributed by atoms with E-state index in [9.17, 15) is 18.0 Å². The summed E-state index contributed by atoms with van der Waals surface area (Å²) in [5.74, 6) is -0.133. The second-order valence-corrected chi connectivity index (χ2v) is 6.13. The zero-order valence-corrected chi connectivity index (χ0v) is 13.7. The van der Waals surface area contributed by atoms with Crippen molar-refractivity contribution in [3.63, 3.8) is 0 Å². The van der Waals surface area contributed by atoms with E-state index in [4.69, 9.17) is 0 Å². The Hall–Kier alpha value is -2.34. The average molecular weight is 348 g/mol. The Morgan fingerprint density at radius 3 is 1.96 bits per heavy atom. The molecule has 1 amide bonds. The number of halogens is 3. The molecule has 0 saturated carbocycles. The molecule has 0 aromatic heterocycles. The molecule has 0 bridgehead atoms. The molecule has 132 valence electrons. The number of rotatable bonds is 3. The first kappa shape index (κ1) is 17.5. The maximum absolute atomic E-state index is 12.5. The van der Waals surface area contributed by atoms with Crippen LogP contribution in [0.15, 0.2) is 54.6 Å². The molecule has 3 nitrogen and oxygen atoms in total. The van der Waals surface area contributed by atoms with Crippen molar-refractivity contribution < 1.29 is 18.0 Å². The molecular formula is C19H19F3N2O. The molecule has 0 aliphatic carbocycles. The summed E-state index contributed by atoms with van der Waals surface area (Å²) in [4.78, 5) is 15.5. The van der Waals surface area contributed by atoms with Crippen molar-refractivity contribution in [2.75, 3.05) is 32.7 Å². The lowest BCUT2D eigenvalue weighted by molar-refractivity contribution is -0.148. The van der Waals surface area contributed by atoms with Gasteiger partial charge in [-0.2, -0.15) is 13.2 Å². The second-order valence-electron chi connectivity index (χ2n) is 6.13. The third kappa shape index (κ3) is 4.60. The van der Waals surface area contributed by atoms with Gasteiger partial charge in [0.05, 0.1) is 6.54 Å². The van der Waals surface area contributed by atoms with E-state index >= 15 is 0 Å². The van der Waals surface area contributed by atoms with Crippen molar-refractivity contribution in [1.82, 2.24) is 9.80 Å². The van der Waals surface area contributed by atoms with E-state index < -0.39 is 12.7 Å². The Balaban J connectivity index is 1.61. The summed E-state index contributed by atoms with van der Waals surface area (Å²) >= 11 is 0. The molecule has 0 radical (unpaired) electrons. The molecule has 0 N–H and O–H groups in total. The predicted molar refractivity (Wildman–Crippen MR) is 90.3 cm³/mol. The Kier molecular flexibility index (Phi) is 5.08. The molecule has 6 heteroatoms. The van der Waals surface area contributed by atoms with Crippen molar-refractivity contribution in [1.29, 1.82) is 0 Å². The van der Waals surface area contributed by atoms with Crippen LogP contribution in [0.5, 0.6) is 0 Å². The molecule has 1 fully saturated rings. The molecule has 3 rings (SSSR count). The van der Waals surface area contributed by atoms with Crippen molar-refractivity contribution in [2.45, 2.75) is 6.18 Å². The highest BCUT2D eigenvalue weighted by Gasteiger charge is 2.32. The quantitative estimate of drug-likeness (QED) is 0.845. The zero-order valence-electron chi connectivity index (χ0n) is 13.7. The normalized spacial score (nSPS) is 16.0. The number of benzene rings is 2. The summed E-state index contributed by atoms with van der Waals surface area (Å²) < 4.78 is 37.2. The van der Waals surface area contributed by atoms with Crippen LogP contribution in [0.1, 0.15) is 10.4 Å². The highest BCUT2D eigenvalue weighted by Crippen LogP contribution is 2.21. The lowest BCUT2D eigenvalue weighted by Crippen LogP contribution is -2.50. The summed E-state index contributed by atoms with van der Waals surface area (Å²) in [7, 11) is 0. The van der Waals surface area contributed by atoms with Gasteiger partial charge in [-0.1, -0.05) is 42.5 Å². The zero-order chi connectivity index (χ0) is 17.9. The Bertz CT molecular complexity index is 706. The minimum atomic E-state index is -4.19. The topological polar surface area (TPSA) is 23.6 Å². The van der Waals surface area contributed by atoms with Gasteiger partial charge in [0.25, 0.3) is 5.91 Å². The molecule has 2 aromatic carbocycles. The number of nitrogens with zero attached hydrogens (tertiary/aromatic N) is 2. The van der Waals surface area contributed by atoms with Crippen LogP contribution in [0.25, 0.3) is 11.1 Å². The van der Waals surface area contributed by atoms with Crippen LogP contribution < -0.4 is 0 Å². The predicted octanol–water partition coefficient (Wildman–Crippen LogP) is 3.67. The van der Waals surface area contributed by atoms with Crippen molar-refractivity contribution >= 4 is 5.91 Å². The highest BCUT2D eigenvalue weighted by molar-refractivity contribution is 5.94. The smallest absolute Gasteiger partial charge is 0.336 e. The Labute approximate surface area is 144 Å². The van der Waals surface area contributed by atoms with Gasteiger partial charge in [-0.05, 0) is 23.3 Å². The van der Waals surface area contributed by atoms with Crippen LogP contribution in [0, 0.1) is 0 Å². The molecule has 1 heterocycles. The van der Waals surface area contributed by atoms with Gasteiger partial charge >= 0.3 is 6.18 Å². The van der Waals surface area contributed by atoms with Crippen molar-refractivity contribution in [2.24, 2.45) is 0 Å². The number of amides is 1. The average Bonchev–Trinajstić information content (AvgIpc) is 2.61. The number of carbonyl (C=O) groups excluding carboxylic acids is 1. The molecule has 1 saturated heterocycles. The molecule has 25 heavy (non-hydrogen) atoms. The summed E-state index contributed by atoms with van der Waals surface area (Å²) in [5.41, 5.74) is 2.65. The van der Waals surface area contributed by atoms with Gasteiger partial charge in [0.15, 0.2) is 0 Å². The minimum Gasteiger partial charge on any atom is -0.336 e. The van der Waals surface area contributed by atoms with Gasteiger partial charge in [0, 0.05) is 31.7 Å². The van der Waals surface area contributed by atoms with Crippen LogP contribution in [0.4, 0.5) is 13.2 Å². The third-order valence-electron chi connectivity index (χ3n) is 4.30. The molecular weight excluding hydrogens is 329 g/mol. The van der Waals surface area contributed by atoms with E-state index in [1.165, 1.54) is 4.90 Å². The fraction of sp³-hybridized carbons (Fsp3) is 0.316. The molecule has 0 unspecified atom stereocenters. The van der Waals surface area contributed by atoms with E-state index in [1.807, 2.05) is 42.5 Å². The molecule has 2 aromatic rings. The van der Waals surface area contributed by atoms with Gasteiger partial charge in [0.2, 0.25) is 0 Å². The summed E-state index contributed by atoms with van der Waals surface area (Å²) in [6, 6.07) is 17.2. The van der Waals surface area contributed by atoms with Gasteiger partial charge in [-0.25, -0.2) is 0 Å². The van der Waals surface area contributed by atoms with Gasteiger partial charge in [-0.3, -0.25) is 9.69 Å². The van der Waals surface area contributed by atoms with Crippen LogP contribution in [-0.4, -0.2) is 54.6 Å². The van der Waals surface area contributed by atoms with Crippen LogP contribution in [0.2, 0.25) is 0 Å². The minimum absolute atomic E-state index is 0.133. The van der Waals surface area contributed by atoms with Gasteiger partial charge < -0.3 is 4.90 Å². The Morgan fingerprint density at radius 2 is 1.40 bits per heavy atom. The van der Waals surface area contributed by atoms with Crippen LogP contribution in [0.3, 0.4) is 0 Å². The maximum atomic E-state index is 12.5. The number of piperazine rings is 1. The number of hydrogen-bond acceptors (Lipinski definition) is 2. The van der Waals surface area contributed by atoms with Crippen molar-refractivity contribution in [3.05, 3.63) is 60.2 Å². The molecule has 0 spiro atoms. The fourth-order valence-electron chi connectivity index (χ4n) is 2.98. The van der Waals surface area contributed by atoms with E-state index in [0.717, 1.165) is 11.1 Å². The molecule has 1 aliphatic heterocycles. The van der Waals surface area contributed by atoms with Gasteiger partial charge in [0.1, 0.15) is 0 Å². The van der Waals surface area contributed by atoms with E-state index in [2.05, 4.69) is 0 Å². The molecule has 0 atom stereocenters. The fourth-order valence-corrected chi connectivity index (χ4v) is 2.98. The van der Waals surface area contributed by atoms with E-state index in [1.54, 1.807) is 17.0 Å². The standard InChI is InChI=1S/C19H19F3N2O/c20-19(21,22)14-23-10-12-24(13-11-23)18(25)17-8-6-16(7-9-17)15-4-2-1-3-5-15/h1-9H,10-14H2. The van der Waals surface area contributed by atoms with Gasteiger partial charge in [-0.15, -0.1) is 0 Å². The first-order chi connectivity index (χ1) is 11.9. The second kappa shape index (κ2) is 7.27.